The van der Waals surface area contributed by atoms with Crippen molar-refractivity contribution in [2.24, 2.45) is 10.8 Å². The van der Waals surface area contributed by atoms with E-state index in [4.69, 9.17) is 5.11 Å². The van der Waals surface area contributed by atoms with Gasteiger partial charge < -0.3 is 9.84 Å². The van der Waals surface area contributed by atoms with Crippen molar-refractivity contribution in [2.45, 2.75) is 19.3 Å². The first-order chi connectivity index (χ1) is 5.55. The standard InChI is InChI=1S/C8H10O4/c1-12-6(11)8-2-7(3-8,4-8)5(9)10/h2-4H2,1H3,(H,9,10)/t7-,8-. The molecule has 4 heteroatoms. The molecule has 3 aliphatic rings. The molecular weight excluding hydrogens is 160 g/mol. The fraction of sp³-hybridized carbons (Fsp3) is 0.750. The summed E-state index contributed by atoms with van der Waals surface area (Å²) in [6, 6.07) is 0. The maximum Gasteiger partial charge on any atom is 0.311 e. The van der Waals surface area contributed by atoms with Crippen molar-refractivity contribution >= 4 is 11.9 Å². The van der Waals surface area contributed by atoms with E-state index in [9.17, 15) is 9.59 Å². The van der Waals surface area contributed by atoms with Gasteiger partial charge in [-0.3, -0.25) is 9.59 Å². The third-order valence-electron chi connectivity index (χ3n) is 3.10. The highest BCUT2D eigenvalue weighted by molar-refractivity contribution is 5.90. The van der Waals surface area contributed by atoms with E-state index >= 15 is 0 Å². The van der Waals surface area contributed by atoms with Crippen LogP contribution in [-0.4, -0.2) is 24.2 Å². The number of aliphatic carboxylic acids is 1. The lowest BCUT2D eigenvalue weighted by atomic mass is 9.35. The Balaban J connectivity index is 2.04. The molecule has 0 radical (unpaired) electrons. The first kappa shape index (κ1) is 7.58. The van der Waals surface area contributed by atoms with E-state index in [-0.39, 0.29) is 5.97 Å². The second-order valence-corrected chi connectivity index (χ2v) is 3.89. The van der Waals surface area contributed by atoms with Gasteiger partial charge in [0.15, 0.2) is 0 Å². The summed E-state index contributed by atoms with van der Waals surface area (Å²) in [6.07, 6.45) is 1.42. The number of ether oxygens (including phenoxy) is 1. The Hall–Kier alpha value is -1.06. The van der Waals surface area contributed by atoms with E-state index in [2.05, 4.69) is 4.74 Å². The molecule has 3 rings (SSSR count). The minimum atomic E-state index is -0.770. The zero-order valence-corrected chi connectivity index (χ0v) is 6.79. The minimum absolute atomic E-state index is 0.245. The van der Waals surface area contributed by atoms with Crippen molar-refractivity contribution in [3.05, 3.63) is 0 Å². The lowest BCUT2D eigenvalue weighted by Crippen LogP contribution is -2.68. The van der Waals surface area contributed by atoms with Crippen molar-refractivity contribution in [2.75, 3.05) is 7.11 Å². The van der Waals surface area contributed by atoms with E-state index in [1.54, 1.807) is 0 Å². The normalized spacial score (nSPS) is 42.4. The minimum Gasteiger partial charge on any atom is -0.481 e. The van der Waals surface area contributed by atoms with Crippen LogP contribution in [0.25, 0.3) is 0 Å². The van der Waals surface area contributed by atoms with Crippen LogP contribution in [0.2, 0.25) is 0 Å². The van der Waals surface area contributed by atoms with Gasteiger partial charge in [-0.1, -0.05) is 0 Å². The maximum absolute atomic E-state index is 11.1. The van der Waals surface area contributed by atoms with Crippen molar-refractivity contribution in [3.63, 3.8) is 0 Å². The first-order valence-corrected chi connectivity index (χ1v) is 3.87. The van der Waals surface area contributed by atoms with Gasteiger partial charge in [0, 0.05) is 0 Å². The maximum atomic E-state index is 11.1. The molecule has 0 aromatic rings. The number of esters is 1. The van der Waals surface area contributed by atoms with Crippen LogP contribution in [0.4, 0.5) is 0 Å². The van der Waals surface area contributed by atoms with E-state index in [0.717, 1.165) is 0 Å². The van der Waals surface area contributed by atoms with Gasteiger partial charge in [-0.25, -0.2) is 0 Å². The molecule has 0 aromatic heterocycles. The highest BCUT2D eigenvalue weighted by Crippen LogP contribution is 2.73. The zero-order valence-electron chi connectivity index (χ0n) is 6.79. The van der Waals surface area contributed by atoms with Gasteiger partial charge in [0.25, 0.3) is 0 Å². The fourth-order valence-corrected chi connectivity index (χ4v) is 2.45. The van der Waals surface area contributed by atoms with Crippen LogP contribution in [0.15, 0.2) is 0 Å². The van der Waals surface area contributed by atoms with Crippen LogP contribution in [0.5, 0.6) is 0 Å². The molecule has 66 valence electrons. The first-order valence-electron chi connectivity index (χ1n) is 3.87. The van der Waals surface area contributed by atoms with Crippen LogP contribution in [0.3, 0.4) is 0 Å². The number of methoxy groups -OCH3 is 1. The third kappa shape index (κ3) is 0.589. The zero-order chi connectivity index (χ0) is 8.98. The third-order valence-corrected chi connectivity index (χ3v) is 3.10. The average Bonchev–Trinajstić information content (AvgIpc) is 1.80. The van der Waals surface area contributed by atoms with E-state index in [1.165, 1.54) is 7.11 Å². The predicted molar refractivity (Wildman–Crippen MR) is 38.4 cm³/mol. The second-order valence-electron chi connectivity index (χ2n) is 3.89. The molecule has 0 aliphatic heterocycles. The van der Waals surface area contributed by atoms with Gasteiger partial charge >= 0.3 is 11.9 Å². The van der Waals surface area contributed by atoms with Crippen LogP contribution in [-0.2, 0) is 14.3 Å². The van der Waals surface area contributed by atoms with Crippen LogP contribution in [0.1, 0.15) is 19.3 Å². The van der Waals surface area contributed by atoms with Gasteiger partial charge in [-0.15, -0.1) is 0 Å². The summed E-state index contributed by atoms with van der Waals surface area (Å²) < 4.78 is 4.59. The summed E-state index contributed by atoms with van der Waals surface area (Å²) in [4.78, 5) is 21.7. The summed E-state index contributed by atoms with van der Waals surface area (Å²) in [5.74, 6) is -1.01. The summed E-state index contributed by atoms with van der Waals surface area (Å²) in [7, 11) is 1.34. The number of carbonyl (C=O) groups is 2. The molecule has 12 heavy (non-hydrogen) atoms. The number of carbonyl (C=O) groups excluding carboxylic acids is 1. The lowest BCUT2D eigenvalue weighted by molar-refractivity contribution is -0.232. The van der Waals surface area contributed by atoms with Crippen molar-refractivity contribution in [3.8, 4) is 0 Å². The Bertz CT molecular complexity index is 248. The van der Waals surface area contributed by atoms with Crippen LogP contribution >= 0.6 is 0 Å². The highest BCUT2D eigenvalue weighted by atomic mass is 16.5. The molecule has 3 saturated carbocycles. The van der Waals surface area contributed by atoms with Gasteiger partial charge in [-0.2, -0.15) is 0 Å². The number of hydrogen-bond acceptors (Lipinski definition) is 3. The monoisotopic (exact) mass is 170 g/mol. The Morgan fingerprint density at radius 3 is 2.08 bits per heavy atom. The second kappa shape index (κ2) is 1.81. The summed E-state index contributed by atoms with van der Waals surface area (Å²) in [5, 5.41) is 8.75. The molecule has 0 aromatic carbocycles. The molecule has 3 fully saturated rings. The molecule has 0 heterocycles. The summed E-state index contributed by atoms with van der Waals surface area (Å²) >= 11 is 0. The summed E-state index contributed by atoms with van der Waals surface area (Å²) in [6.45, 7) is 0. The van der Waals surface area contributed by atoms with Crippen LogP contribution < -0.4 is 0 Å². The van der Waals surface area contributed by atoms with Gasteiger partial charge in [0.1, 0.15) is 0 Å². The van der Waals surface area contributed by atoms with Gasteiger partial charge in [0.05, 0.1) is 17.9 Å². The van der Waals surface area contributed by atoms with E-state index < -0.39 is 16.8 Å². The molecule has 0 unspecified atom stereocenters. The molecule has 2 bridgehead atoms. The molecule has 0 spiro atoms. The fourth-order valence-electron chi connectivity index (χ4n) is 2.45. The van der Waals surface area contributed by atoms with E-state index in [0.29, 0.717) is 19.3 Å². The molecule has 0 saturated heterocycles. The molecular formula is C8H10O4. The Labute approximate surface area is 69.5 Å². The quantitative estimate of drug-likeness (QED) is 0.610. The Morgan fingerprint density at radius 1 is 1.25 bits per heavy atom. The topological polar surface area (TPSA) is 63.6 Å². The number of carboxylic acids is 1. The molecule has 1 N–H and O–H groups in total. The Kier molecular flexibility index (Phi) is 1.14. The van der Waals surface area contributed by atoms with E-state index in [1.807, 2.05) is 0 Å². The SMILES string of the molecule is COC(=O)[C@]12C[C@@](C(=O)O)(C1)C2. The molecule has 4 nitrogen and oxygen atoms in total. The van der Waals surface area contributed by atoms with Gasteiger partial charge in [-0.05, 0) is 19.3 Å². The summed E-state index contributed by atoms with van der Waals surface area (Å²) in [5.41, 5.74) is -0.999. The smallest absolute Gasteiger partial charge is 0.311 e. The highest BCUT2D eigenvalue weighted by Gasteiger charge is 2.76. The molecule has 0 atom stereocenters. The van der Waals surface area contributed by atoms with Crippen molar-refractivity contribution < 1.29 is 19.4 Å². The number of carboxylic acid groups (broad SMARTS) is 1. The molecule has 0 amide bonds. The number of hydrogen-bond donors (Lipinski definition) is 1. The van der Waals surface area contributed by atoms with Crippen LogP contribution in [0, 0.1) is 10.8 Å². The molecule has 3 aliphatic carbocycles. The predicted octanol–water partition coefficient (Wildman–Crippen LogP) is 0.414. The number of rotatable bonds is 2. The largest absolute Gasteiger partial charge is 0.481 e. The van der Waals surface area contributed by atoms with Crippen molar-refractivity contribution in [1.82, 2.24) is 0 Å². The van der Waals surface area contributed by atoms with Gasteiger partial charge in [0.2, 0.25) is 0 Å². The van der Waals surface area contributed by atoms with Crippen molar-refractivity contribution in [1.29, 1.82) is 0 Å². The lowest BCUT2D eigenvalue weighted by Gasteiger charge is -2.65. The average molecular weight is 170 g/mol. The Morgan fingerprint density at radius 2 is 1.75 bits per heavy atom.